The van der Waals surface area contributed by atoms with Gasteiger partial charge in [-0.25, -0.2) is 0 Å². The van der Waals surface area contributed by atoms with Crippen molar-refractivity contribution in [2.75, 3.05) is 0 Å². The van der Waals surface area contributed by atoms with Gasteiger partial charge in [0.15, 0.2) is 0 Å². The molecule has 0 radical (unpaired) electrons. The highest BCUT2D eigenvalue weighted by Gasteiger charge is 2.19. The number of fused-ring (bicyclic) bond motifs is 2. The molecule has 0 heteroatoms. The fourth-order valence-corrected chi connectivity index (χ4v) is 3.83. The highest BCUT2D eigenvalue weighted by atomic mass is 14.2. The first kappa shape index (κ1) is 13.3. The summed E-state index contributed by atoms with van der Waals surface area (Å²) in [5, 5.41) is 2.66. The van der Waals surface area contributed by atoms with Crippen LogP contribution in [0.3, 0.4) is 0 Å². The van der Waals surface area contributed by atoms with Crippen LogP contribution in [0.15, 0.2) is 54.1 Å². The molecule has 0 aromatic heterocycles. The normalized spacial score (nSPS) is 13.3. The molecule has 0 amide bonds. The summed E-state index contributed by atoms with van der Waals surface area (Å²) < 4.78 is 0. The Morgan fingerprint density at radius 2 is 1.59 bits per heavy atom. The molecule has 0 spiro atoms. The van der Waals surface area contributed by atoms with Gasteiger partial charge in [0, 0.05) is 0 Å². The second-order valence-electron chi connectivity index (χ2n) is 6.47. The highest BCUT2D eigenvalue weighted by molar-refractivity contribution is 6.00. The lowest BCUT2D eigenvalue weighted by Gasteiger charge is -2.16. The van der Waals surface area contributed by atoms with Gasteiger partial charge in [-0.15, -0.1) is 0 Å². The zero-order valence-corrected chi connectivity index (χ0v) is 13.4. The third kappa shape index (κ3) is 1.91. The number of hydrogen-bond donors (Lipinski definition) is 0. The Morgan fingerprint density at radius 1 is 0.818 bits per heavy atom. The van der Waals surface area contributed by atoms with Gasteiger partial charge >= 0.3 is 0 Å². The number of rotatable bonds is 1. The molecule has 0 nitrogen and oxygen atoms in total. The van der Waals surface area contributed by atoms with E-state index < -0.39 is 0 Å². The van der Waals surface area contributed by atoms with E-state index in [0.29, 0.717) is 0 Å². The quantitative estimate of drug-likeness (QED) is 0.507. The summed E-state index contributed by atoms with van der Waals surface area (Å²) in [6.07, 6.45) is 3.48. The standard InChI is InChI=1S/C22H20/c1-14-11-20-15(2)13-16(3)22(21(20)12-14)19-10-6-8-17-7-4-5-9-18(17)19/h4-10,12-13H,11H2,1-3H3. The lowest BCUT2D eigenvalue weighted by molar-refractivity contribution is 1.15. The molecule has 22 heavy (non-hydrogen) atoms. The molecule has 1 aliphatic carbocycles. The van der Waals surface area contributed by atoms with Crippen LogP contribution in [0.2, 0.25) is 0 Å². The lowest BCUT2D eigenvalue weighted by atomic mass is 9.88. The minimum Gasteiger partial charge on any atom is -0.0683 e. The van der Waals surface area contributed by atoms with E-state index in [1.807, 2.05) is 0 Å². The summed E-state index contributed by atoms with van der Waals surface area (Å²) in [5.74, 6) is 0. The molecule has 0 heterocycles. The van der Waals surface area contributed by atoms with Crippen molar-refractivity contribution in [1.82, 2.24) is 0 Å². The van der Waals surface area contributed by atoms with Gasteiger partial charge in [0.25, 0.3) is 0 Å². The Hall–Kier alpha value is -2.34. The molecule has 0 atom stereocenters. The average molecular weight is 284 g/mol. The van der Waals surface area contributed by atoms with E-state index in [2.05, 4.69) is 75.4 Å². The van der Waals surface area contributed by atoms with Gasteiger partial charge in [-0.1, -0.05) is 60.2 Å². The van der Waals surface area contributed by atoms with Crippen molar-refractivity contribution in [2.24, 2.45) is 0 Å². The van der Waals surface area contributed by atoms with Crippen LogP contribution in [0, 0.1) is 13.8 Å². The SMILES string of the molecule is CC1=Cc2c(c(C)cc(C)c2-c2cccc3ccccc23)C1. The zero-order valence-electron chi connectivity index (χ0n) is 13.4. The minimum atomic E-state index is 1.10. The Balaban J connectivity index is 2.10. The maximum Gasteiger partial charge on any atom is -0.00577 e. The first-order chi connectivity index (χ1) is 10.6. The van der Waals surface area contributed by atoms with Crippen LogP contribution in [-0.2, 0) is 6.42 Å². The van der Waals surface area contributed by atoms with E-state index in [4.69, 9.17) is 0 Å². The molecule has 1 aliphatic rings. The van der Waals surface area contributed by atoms with E-state index in [9.17, 15) is 0 Å². The van der Waals surface area contributed by atoms with Crippen molar-refractivity contribution in [2.45, 2.75) is 27.2 Å². The van der Waals surface area contributed by atoms with Crippen molar-refractivity contribution in [3.63, 3.8) is 0 Å². The molecule has 3 aromatic carbocycles. The van der Waals surface area contributed by atoms with Crippen LogP contribution in [0.1, 0.15) is 29.2 Å². The smallest absolute Gasteiger partial charge is 0.00577 e. The average Bonchev–Trinajstić information content (AvgIpc) is 2.89. The second kappa shape index (κ2) is 4.84. The van der Waals surface area contributed by atoms with E-state index >= 15 is 0 Å². The second-order valence-corrected chi connectivity index (χ2v) is 6.47. The highest BCUT2D eigenvalue weighted by Crippen LogP contribution is 2.40. The first-order valence-corrected chi connectivity index (χ1v) is 7.93. The zero-order chi connectivity index (χ0) is 15.3. The molecule has 0 aliphatic heterocycles. The Bertz CT molecular complexity index is 921. The largest absolute Gasteiger partial charge is 0.0683 e. The topological polar surface area (TPSA) is 0 Å². The van der Waals surface area contributed by atoms with Crippen LogP contribution >= 0.6 is 0 Å². The van der Waals surface area contributed by atoms with Crippen molar-refractivity contribution in [3.05, 3.63) is 76.4 Å². The molecule has 0 N–H and O–H groups in total. The van der Waals surface area contributed by atoms with Gasteiger partial charge in [-0.2, -0.15) is 0 Å². The minimum absolute atomic E-state index is 1.10. The van der Waals surface area contributed by atoms with Crippen LogP contribution < -0.4 is 0 Å². The van der Waals surface area contributed by atoms with Crippen LogP contribution in [0.25, 0.3) is 28.0 Å². The van der Waals surface area contributed by atoms with Crippen LogP contribution in [-0.4, -0.2) is 0 Å². The molecule has 4 rings (SSSR count). The number of allylic oxidation sites excluding steroid dienone is 1. The number of hydrogen-bond acceptors (Lipinski definition) is 0. The summed E-state index contributed by atoms with van der Waals surface area (Å²) >= 11 is 0. The Labute approximate surface area is 132 Å². The molecule has 0 unspecified atom stereocenters. The van der Waals surface area contributed by atoms with E-state index in [-0.39, 0.29) is 0 Å². The van der Waals surface area contributed by atoms with E-state index in [0.717, 1.165) is 6.42 Å². The number of aryl methyl sites for hydroxylation is 2. The van der Waals surface area contributed by atoms with Gasteiger partial charge in [-0.05, 0) is 71.3 Å². The van der Waals surface area contributed by atoms with Gasteiger partial charge in [-0.3, -0.25) is 0 Å². The maximum atomic E-state index is 2.38. The van der Waals surface area contributed by atoms with Crippen LogP contribution in [0.5, 0.6) is 0 Å². The molecule has 108 valence electrons. The van der Waals surface area contributed by atoms with Gasteiger partial charge in [0.05, 0.1) is 0 Å². The van der Waals surface area contributed by atoms with E-state index in [1.165, 1.54) is 49.7 Å². The predicted octanol–water partition coefficient (Wildman–Crippen LogP) is 6.08. The summed E-state index contributed by atoms with van der Waals surface area (Å²) in [6.45, 7) is 6.72. The van der Waals surface area contributed by atoms with E-state index in [1.54, 1.807) is 0 Å². The van der Waals surface area contributed by atoms with Gasteiger partial charge in [0.2, 0.25) is 0 Å². The fourth-order valence-electron chi connectivity index (χ4n) is 3.83. The van der Waals surface area contributed by atoms with Crippen molar-refractivity contribution < 1.29 is 0 Å². The number of benzene rings is 3. The fraction of sp³-hybridized carbons (Fsp3) is 0.182. The predicted molar refractivity (Wildman–Crippen MR) is 96.2 cm³/mol. The third-order valence-corrected chi connectivity index (χ3v) is 4.80. The molecule has 3 aromatic rings. The molecule has 0 saturated carbocycles. The van der Waals surface area contributed by atoms with Gasteiger partial charge in [0.1, 0.15) is 0 Å². The summed E-state index contributed by atoms with van der Waals surface area (Å²) in [7, 11) is 0. The lowest BCUT2D eigenvalue weighted by Crippen LogP contribution is -1.96. The summed E-state index contributed by atoms with van der Waals surface area (Å²) in [5.41, 5.74) is 9.97. The first-order valence-electron chi connectivity index (χ1n) is 7.93. The maximum absolute atomic E-state index is 2.38. The monoisotopic (exact) mass is 284 g/mol. The molecular weight excluding hydrogens is 264 g/mol. The van der Waals surface area contributed by atoms with Crippen LogP contribution in [0.4, 0.5) is 0 Å². The van der Waals surface area contributed by atoms with Crippen molar-refractivity contribution in [1.29, 1.82) is 0 Å². The molecular formula is C22H20. The summed E-state index contributed by atoms with van der Waals surface area (Å²) in [4.78, 5) is 0. The van der Waals surface area contributed by atoms with Crippen molar-refractivity contribution in [3.8, 4) is 11.1 Å². The summed E-state index contributed by atoms with van der Waals surface area (Å²) in [6, 6.07) is 17.7. The molecule has 0 bridgehead atoms. The molecule has 0 saturated heterocycles. The molecule has 0 fully saturated rings. The van der Waals surface area contributed by atoms with Crippen molar-refractivity contribution >= 4 is 16.8 Å². The third-order valence-electron chi connectivity index (χ3n) is 4.80. The van der Waals surface area contributed by atoms with Gasteiger partial charge < -0.3 is 0 Å². The Kier molecular flexibility index (Phi) is 2.94. The Morgan fingerprint density at radius 3 is 2.45 bits per heavy atom.